The Labute approximate surface area is 113 Å². The molecule has 0 amide bonds. The minimum absolute atomic E-state index is 0.0643. The molecule has 0 saturated carbocycles. The molecule has 1 aromatic carbocycles. The highest BCUT2D eigenvalue weighted by molar-refractivity contribution is 6.31. The van der Waals surface area contributed by atoms with Crippen LogP contribution in [0.25, 0.3) is 0 Å². The number of likely N-dealkylation sites (tertiary alicyclic amines) is 1. The topological polar surface area (TPSA) is 46.3 Å². The zero-order chi connectivity index (χ0) is 13.1. The number of rotatable bonds is 4. The summed E-state index contributed by atoms with van der Waals surface area (Å²) in [6.07, 6.45) is 1.51. The van der Waals surface area contributed by atoms with E-state index in [1.807, 2.05) is 12.1 Å². The summed E-state index contributed by atoms with van der Waals surface area (Å²) < 4.78 is 0. The third kappa shape index (κ3) is 2.91. The van der Waals surface area contributed by atoms with Crippen LogP contribution in [0.4, 0.5) is 0 Å². The number of nitrogens with two attached hydrogens (primary N) is 1. The van der Waals surface area contributed by atoms with Crippen molar-refractivity contribution < 1.29 is 4.79 Å². The van der Waals surface area contributed by atoms with Gasteiger partial charge in [0.2, 0.25) is 0 Å². The minimum atomic E-state index is 0.0643. The van der Waals surface area contributed by atoms with Crippen LogP contribution in [-0.2, 0) is 0 Å². The molecule has 1 aliphatic rings. The van der Waals surface area contributed by atoms with Crippen LogP contribution in [0.3, 0.4) is 0 Å². The first-order valence-electron chi connectivity index (χ1n) is 6.33. The monoisotopic (exact) mass is 266 g/mol. The summed E-state index contributed by atoms with van der Waals surface area (Å²) in [6, 6.07) is 5.65. The summed E-state index contributed by atoms with van der Waals surface area (Å²) in [5.41, 5.74) is 7.22. The number of halogens is 1. The lowest BCUT2D eigenvalue weighted by Crippen LogP contribution is -2.13. The molecule has 0 aliphatic carbocycles. The maximum Gasteiger partial charge on any atom is 0.164 e. The second-order valence-corrected chi connectivity index (χ2v) is 5.35. The Hall–Kier alpha value is -0.900. The van der Waals surface area contributed by atoms with Gasteiger partial charge in [0.25, 0.3) is 0 Å². The van der Waals surface area contributed by atoms with Gasteiger partial charge in [0, 0.05) is 23.6 Å². The maximum absolute atomic E-state index is 11.7. The average Bonchev–Trinajstić information content (AvgIpc) is 2.76. The predicted octanol–water partition coefficient (Wildman–Crippen LogP) is 2.29. The molecule has 2 rings (SSSR count). The van der Waals surface area contributed by atoms with Gasteiger partial charge in [0.05, 0.1) is 0 Å². The second-order valence-electron chi connectivity index (χ2n) is 4.95. The van der Waals surface area contributed by atoms with Gasteiger partial charge < -0.3 is 10.6 Å². The number of benzene rings is 1. The molecule has 1 aromatic rings. The second kappa shape index (κ2) is 5.83. The lowest BCUT2D eigenvalue weighted by molar-refractivity contribution is 0.0985. The average molecular weight is 267 g/mol. The van der Waals surface area contributed by atoms with Gasteiger partial charge in [-0.1, -0.05) is 23.7 Å². The fraction of sp³-hybridized carbons (Fsp3) is 0.500. The lowest BCUT2D eigenvalue weighted by atomic mass is 9.96. The van der Waals surface area contributed by atoms with Crippen LogP contribution in [0.2, 0.25) is 5.02 Å². The first-order chi connectivity index (χ1) is 8.61. The predicted molar refractivity (Wildman–Crippen MR) is 74.3 cm³/mol. The first kappa shape index (κ1) is 13.5. The summed E-state index contributed by atoms with van der Waals surface area (Å²) in [5, 5.41) is 0.707. The number of carbonyl (C=O) groups is 1. The largest absolute Gasteiger partial charge is 0.330 e. The van der Waals surface area contributed by atoms with Crippen molar-refractivity contribution in [2.75, 3.05) is 26.7 Å². The van der Waals surface area contributed by atoms with Gasteiger partial charge in [-0.25, -0.2) is 0 Å². The molecule has 0 radical (unpaired) electrons. The van der Waals surface area contributed by atoms with E-state index in [4.69, 9.17) is 17.3 Å². The summed E-state index contributed by atoms with van der Waals surface area (Å²) in [6.45, 7) is 2.52. The third-order valence-electron chi connectivity index (χ3n) is 3.52. The highest BCUT2D eigenvalue weighted by Gasteiger charge is 2.23. The Morgan fingerprint density at radius 3 is 2.89 bits per heavy atom. The first-order valence-corrected chi connectivity index (χ1v) is 6.71. The van der Waals surface area contributed by atoms with Crippen molar-refractivity contribution in [3.8, 4) is 0 Å². The van der Waals surface area contributed by atoms with E-state index in [9.17, 15) is 4.79 Å². The fourth-order valence-corrected chi connectivity index (χ4v) is 2.83. The molecule has 18 heavy (non-hydrogen) atoms. The Bertz CT molecular complexity index is 447. The highest BCUT2D eigenvalue weighted by atomic mass is 35.5. The van der Waals surface area contributed by atoms with Gasteiger partial charge in [0.15, 0.2) is 5.78 Å². The minimum Gasteiger partial charge on any atom is -0.330 e. The number of Topliss-reactive ketones (excluding diaryl/α,β-unsaturated/α-hetero) is 1. The summed E-state index contributed by atoms with van der Waals surface area (Å²) in [5.74, 6) is 0.552. The van der Waals surface area contributed by atoms with Crippen molar-refractivity contribution in [2.24, 2.45) is 5.73 Å². The number of hydrogen-bond acceptors (Lipinski definition) is 3. The number of ketones is 1. The summed E-state index contributed by atoms with van der Waals surface area (Å²) >= 11 is 6.30. The lowest BCUT2D eigenvalue weighted by Gasteiger charge is -2.13. The van der Waals surface area contributed by atoms with Gasteiger partial charge in [0.1, 0.15) is 0 Å². The Kier molecular flexibility index (Phi) is 4.38. The molecule has 1 heterocycles. The van der Waals surface area contributed by atoms with Crippen molar-refractivity contribution in [3.05, 3.63) is 34.3 Å². The molecule has 1 atom stereocenters. The molecule has 1 saturated heterocycles. The number of carbonyl (C=O) groups excluding carboxylic acids is 1. The van der Waals surface area contributed by atoms with E-state index in [1.165, 1.54) is 0 Å². The number of likely N-dealkylation sites (N-methyl/N-ethyl adjacent to an activating group) is 1. The molecule has 0 bridgehead atoms. The number of nitrogens with zero attached hydrogens (tertiary/aromatic N) is 1. The SMILES string of the molecule is CN1CCC(c2ccc(C(=O)CCN)cc2Cl)C1. The van der Waals surface area contributed by atoms with Gasteiger partial charge in [-0.05, 0) is 44.1 Å². The van der Waals surface area contributed by atoms with Crippen molar-refractivity contribution >= 4 is 17.4 Å². The van der Waals surface area contributed by atoms with E-state index < -0.39 is 0 Å². The molecular formula is C14H19ClN2O. The van der Waals surface area contributed by atoms with E-state index in [0.29, 0.717) is 29.5 Å². The van der Waals surface area contributed by atoms with Crippen LogP contribution in [0, 0.1) is 0 Å². The number of hydrogen-bond donors (Lipinski definition) is 1. The molecular weight excluding hydrogens is 248 g/mol. The zero-order valence-corrected chi connectivity index (χ0v) is 11.4. The fourth-order valence-electron chi connectivity index (χ4n) is 2.50. The van der Waals surface area contributed by atoms with Crippen LogP contribution >= 0.6 is 11.6 Å². The van der Waals surface area contributed by atoms with E-state index in [-0.39, 0.29) is 5.78 Å². The van der Waals surface area contributed by atoms with E-state index >= 15 is 0 Å². The molecule has 2 N–H and O–H groups in total. The van der Waals surface area contributed by atoms with Crippen LogP contribution in [0.15, 0.2) is 18.2 Å². The van der Waals surface area contributed by atoms with Gasteiger partial charge in [-0.15, -0.1) is 0 Å². The van der Waals surface area contributed by atoms with Crippen LogP contribution in [0.1, 0.15) is 34.7 Å². The highest BCUT2D eigenvalue weighted by Crippen LogP contribution is 2.32. The molecule has 4 heteroatoms. The van der Waals surface area contributed by atoms with Crippen molar-refractivity contribution in [1.29, 1.82) is 0 Å². The molecule has 98 valence electrons. The molecule has 1 unspecified atom stereocenters. The Balaban J connectivity index is 2.17. The smallest absolute Gasteiger partial charge is 0.164 e. The normalized spacial score (nSPS) is 20.3. The van der Waals surface area contributed by atoms with Crippen LogP contribution in [0.5, 0.6) is 0 Å². The quantitative estimate of drug-likeness (QED) is 0.851. The molecule has 0 spiro atoms. The Morgan fingerprint density at radius 1 is 1.56 bits per heavy atom. The molecule has 1 aliphatic heterocycles. The van der Waals surface area contributed by atoms with Crippen molar-refractivity contribution in [3.63, 3.8) is 0 Å². The van der Waals surface area contributed by atoms with E-state index in [2.05, 4.69) is 11.9 Å². The maximum atomic E-state index is 11.7. The van der Waals surface area contributed by atoms with Crippen LogP contribution < -0.4 is 5.73 Å². The van der Waals surface area contributed by atoms with Gasteiger partial charge in [-0.3, -0.25) is 4.79 Å². The van der Waals surface area contributed by atoms with Crippen molar-refractivity contribution in [1.82, 2.24) is 4.90 Å². The zero-order valence-electron chi connectivity index (χ0n) is 10.7. The van der Waals surface area contributed by atoms with E-state index in [1.54, 1.807) is 6.07 Å². The van der Waals surface area contributed by atoms with Gasteiger partial charge in [-0.2, -0.15) is 0 Å². The standard InChI is InChI=1S/C14H19ClN2O/c1-17-7-5-11(9-17)12-3-2-10(8-13(12)15)14(18)4-6-16/h2-3,8,11H,4-7,9,16H2,1H3. The molecule has 3 nitrogen and oxygen atoms in total. The van der Waals surface area contributed by atoms with Crippen molar-refractivity contribution in [2.45, 2.75) is 18.8 Å². The molecule has 1 fully saturated rings. The van der Waals surface area contributed by atoms with Crippen LogP contribution in [-0.4, -0.2) is 37.4 Å². The third-order valence-corrected chi connectivity index (χ3v) is 3.85. The summed E-state index contributed by atoms with van der Waals surface area (Å²) in [7, 11) is 2.12. The Morgan fingerprint density at radius 2 is 2.33 bits per heavy atom. The molecule has 0 aromatic heterocycles. The summed E-state index contributed by atoms with van der Waals surface area (Å²) in [4.78, 5) is 14.0. The van der Waals surface area contributed by atoms with Gasteiger partial charge >= 0.3 is 0 Å². The van der Waals surface area contributed by atoms with E-state index in [0.717, 1.165) is 25.1 Å².